The fourth-order valence-electron chi connectivity index (χ4n) is 3.18. The van der Waals surface area contributed by atoms with Gasteiger partial charge in [0.05, 0.1) is 12.1 Å². The Morgan fingerprint density at radius 1 is 1.41 bits per heavy atom. The van der Waals surface area contributed by atoms with Crippen LogP contribution in [0.1, 0.15) is 45.2 Å². The van der Waals surface area contributed by atoms with E-state index in [1.54, 1.807) is 17.9 Å². The zero-order chi connectivity index (χ0) is 16.7. The van der Waals surface area contributed by atoms with E-state index in [1.165, 1.54) is 12.1 Å². The third kappa shape index (κ3) is 3.42. The van der Waals surface area contributed by atoms with Crippen molar-refractivity contribution >= 4 is 17.5 Å². The second-order valence-electron chi connectivity index (χ2n) is 6.67. The maximum atomic E-state index is 13.7. The van der Waals surface area contributed by atoms with Gasteiger partial charge < -0.3 is 16.4 Å². The Hall–Kier alpha value is -1.17. The maximum absolute atomic E-state index is 13.7. The van der Waals surface area contributed by atoms with Gasteiger partial charge >= 0.3 is 0 Å². The Morgan fingerprint density at radius 2 is 2.05 bits per heavy atom. The van der Waals surface area contributed by atoms with Crippen LogP contribution in [0.5, 0.6) is 0 Å². The number of amides is 1. The number of carbonyl (C=O) groups excluding carboxylic acids is 1. The molecule has 0 radical (unpaired) electrons. The predicted octanol–water partition coefficient (Wildman–Crippen LogP) is 2.60. The Bertz CT molecular complexity index is 551. The van der Waals surface area contributed by atoms with Crippen LogP contribution in [0.2, 0.25) is 5.02 Å². The second-order valence-corrected chi connectivity index (χ2v) is 7.10. The van der Waals surface area contributed by atoms with Crippen LogP contribution in [0.15, 0.2) is 18.2 Å². The molecule has 1 fully saturated rings. The molecular weight excluding hydrogens is 305 g/mol. The molecule has 22 heavy (non-hydrogen) atoms. The lowest BCUT2D eigenvalue weighted by molar-refractivity contribution is -0.136. The molecule has 1 aliphatic heterocycles. The van der Waals surface area contributed by atoms with Gasteiger partial charge in [-0.15, -0.1) is 0 Å². The van der Waals surface area contributed by atoms with Crippen molar-refractivity contribution in [2.24, 2.45) is 11.5 Å². The van der Waals surface area contributed by atoms with Crippen molar-refractivity contribution in [3.05, 3.63) is 34.6 Å². The Labute approximate surface area is 135 Å². The van der Waals surface area contributed by atoms with E-state index in [4.69, 9.17) is 23.1 Å². The molecule has 1 saturated heterocycles. The number of rotatable bonds is 3. The first-order valence-electron chi connectivity index (χ1n) is 7.44. The van der Waals surface area contributed by atoms with Crippen LogP contribution in [0, 0.1) is 5.82 Å². The van der Waals surface area contributed by atoms with E-state index in [2.05, 4.69) is 0 Å². The summed E-state index contributed by atoms with van der Waals surface area (Å²) in [6.45, 7) is 5.43. The van der Waals surface area contributed by atoms with E-state index in [9.17, 15) is 9.18 Å². The monoisotopic (exact) mass is 327 g/mol. The molecule has 0 aromatic heterocycles. The molecular formula is C16H23ClFN3O. The predicted molar refractivity (Wildman–Crippen MR) is 85.9 cm³/mol. The second kappa shape index (κ2) is 6.14. The molecule has 122 valence electrons. The topological polar surface area (TPSA) is 72.4 Å². The van der Waals surface area contributed by atoms with E-state index in [0.717, 1.165) is 6.42 Å². The molecule has 1 aliphatic rings. The molecule has 1 amide bonds. The number of benzene rings is 1. The minimum atomic E-state index is -0.630. The largest absolute Gasteiger partial charge is 0.330 e. The van der Waals surface area contributed by atoms with Gasteiger partial charge in [-0.2, -0.15) is 0 Å². The van der Waals surface area contributed by atoms with Crippen molar-refractivity contribution in [2.75, 3.05) is 0 Å². The molecule has 0 saturated carbocycles. The van der Waals surface area contributed by atoms with Crippen molar-refractivity contribution < 1.29 is 9.18 Å². The summed E-state index contributed by atoms with van der Waals surface area (Å²) in [5.41, 5.74) is 12.2. The van der Waals surface area contributed by atoms with E-state index in [0.29, 0.717) is 17.0 Å². The van der Waals surface area contributed by atoms with Gasteiger partial charge in [0.15, 0.2) is 0 Å². The lowest BCUT2D eigenvalue weighted by Gasteiger charge is -2.38. The van der Waals surface area contributed by atoms with Gasteiger partial charge in [0.25, 0.3) is 0 Å². The molecule has 0 aliphatic carbocycles. The average molecular weight is 328 g/mol. The third-order valence-corrected chi connectivity index (χ3v) is 4.38. The van der Waals surface area contributed by atoms with Crippen LogP contribution in [-0.2, 0) is 4.79 Å². The molecule has 4 nitrogen and oxygen atoms in total. The lowest BCUT2D eigenvalue weighted by atomic mass is 9.93. The molecule has 2 rings (SSSR count). The third-order valence-electron chi connectivity index (χ3n) is 4.16. The van der Waals surface area contributed by atoms with Crippen LogP contribution in [-0.4, -0.2) is 28.4 Å². The quantitative estimate of drug-likeness (QED) is 0.896. The number of carbonyl (C=O) groups is 1. The van der Waals surface area contributed by atoms with Gasteiger partial charge in [-0.05, 0) is 57.4 Å². The summed E-state index contributed by atoms with van der Waals surface area (Å²) in [5.74, 6) is -0.586. The molecule has 0 unspecified atom stereocenters. The summed E-state index contributed by atoms with van der Waals surface area (Å²) in [6.07, 6.45) is 1.46. The highest BCUT2D eigenvalue weighted by Gasteiger charge is 2.44. The number of likely N-dealkylation sites (tertiary alicyclic amines) is 1. The van der Waals surface area contributed by atoms with Gasteiger partial charge in [0, 0.05) is 16.6 Å². The van der Waals surface area contributed by atoms with Crippen LogP contribution >= 0.6 is 11.6 Å². The van der Waals surface area contributed by atoms with Crippen LogP contribution in [0.25, 0.3) is 0 Å². The summed E-state index contributed by atoms with van der Waals surface area (Å²) >= 11 is 5.95. The summed E-state index contributed by atoms with van der Waals surface area (Å²) in [7, 11) is 0. The molecule has 1 aromatic rings. The Balaban J connectivity index is 2.43. The van der Waals surface area contributed by atoms with Gasteiger partial charge in [0.2, 0.25) is 5.91 Å². The standard InChI is InChI=1S/C16H23ClFN3O/c1-9(19)15(22)21-13(4-5-14(21)16(2,3)20)10-6-11(17)8-12(18)7-10/h6-9,13-14H,4-5,19-20H2,1-3H3/t9-,13+,14-/m1/s1. The molecule has 1 aromatic carbocycles. The van der Waals surface area contributed by atoms with Crippen LogP contribution in [0.4, 0.5) is 4.39 Å². The fraction of sp³-hybridized carbons (Fsp3) is 0.562. The first-order valence-corrected chi connectivity index (χ1v) is 7.81. The summed E-state index contributed by atoms with van der Waals surface area (Å²) in [5, 5.41) is 0.318. The molecule has 0 spiro atoms. The minimum absolute atomic E-state index is 0.141. The Kier molecular flexibility index (Phi) is 4.80. The van der Waals surface area contributed by atoms with Crippen molar-refractivity contribution in [3.63, 3.8) is 0 Å². The zero-order valence-electron chi connectivity index (χ0n) is 13.1. The van der Waals surface area contributed by atoms with E-state index < -0.39 is 17.4 Å². The summed E-state index contributed by atoms with van der Waals surface area (Å²) in [6, 6.07) is 3.35. The van der Waals surface area contributed by atoms with E-state index >= 15 is 0 Å². The summed E-state index contributed by atoms with van der Waals surface area (Å²) in [4.78, 5) is 14.3. The lowest BCUT2D eigenvalue weighted by Crippen LogP contribution is -2.56. The van der Waals surface area contributed by atoms with Crippen molar-refractivity contribution in [1.29, 1.82) is 0 Å². The number of hydrogen-bond donors (Lipinski definition) is 2. The van der Waals surface area contributed by atoms with E-state index in [-0.39, 0.29) is 18.0 Å². The first-order chi connectivity index (χ1) is 10.1. The number of hydrogen-bond acceptors (Lipinski definition) is 3. The number of nitrogens with two attached hydrogens (primary N) is 2. The number of nitrogens with zero attached hydrogens (tertiary/aromatic N) is 1. The fourth-order valence-corrected chi connectivity index (χ4v) is 3.41. The highest BCUT2D eigenvalue weighted by molar-refractivity contribution is 6.30. The normalized spacial score (nSPS) is 23.7. The number of halogens is 2. The first kappa shape index (κ1) is 17.2. The zero-order valence-corrected chi connectivity index (χ0v) is 13.9. The smallest absolute Gasteiger partial charge is 0.240 e. The molecule has 1 heterocycles. The van der Waals surface area contributed by atoms with Crippen LogP contribution < -0.4 is 11.5 Å². The molecule has 4 N–H and O–H groups in total. The Morgan fingerprint density at radius 3 is 2.55 bits per heavy atom. The highest BCUT2D eigenvalue weighted by Crippen LogP contribution is 2.40. The van der Waals surface area contributed by atoms with Crippen molar-refractivity contribution in [3.8, 4) is 0 Å². The van der Waals surface area contributed by atoms with Crippen LogP contribution in [0.3, 0.4) is 0 Å². The molecule has 0 bridgehead atoms. The minimum Gasteiger partial charge on any atom is -0.330 e. The van der Waals surface area contributed by atoms with Crippen molar-refractivity contribution in [2.45, 2.75) is 57.3 Å². The average Bonchev–Trinajstić information content (AvgIpc) is 2.80. The van der Waals surface area contributed by atoms with E-state index in [1.807, 2.05) is 13.8 Å². The van der Waals surface area contributed by atoms with Crippen molar-refractivity contribution in [1.82, 2.24) is 4.90 Å². The summed E-state index contributed by atoms with van der Waals surface area (Å²) < 4.78 is 13.7. The van der Waals surface area contributed by atoms with Gasteiger partial charge in [-0.3, -0.25) is 4.79 Å². The molecule has 3 atom stereocenters. The van der Waals surface area contributed by atoms with Gasteiger partial charge in [-0.1, -0.05) is 11.6 Å². The van der Waals surface area contributed by atoms with Gasteiger partial charge in [0.1, 0.15) is 5.82 Å². The highest BCUT2D eigenvalue weighted by atomic mass is 35.5. The van der Waals surface area contributed by atoms with Gasteiger partial charge in [-0.25, -0.2) is 4.39 Å². The SMILES string of the molecule is C[C@@H](N)C(=O)N1[C@H](c2cc(F)cc(Cl)c2)CC[C@@H]1C(C)(C)N. The maximum Gasteiger partial charge on any atom is 0.240 e. The molecule has 6 heteroatoms.